The molecule has 3 aromatic carbocycles. The zero-order chi connectivity index (χ0) is 24.7. The van der Waals surface area contributed by atoms with Crippen LogP contribution in [0, 0.1) is 19.8 Å². The molecule has 1 saturated heterocycles. The Hall–Kier alpha value is -3.36. The molecule has 0 saturated carbocycles. The van der Waals surface area contributed by atoms with Crippen LogP contribution in [0.3, 0.4) is 0 Å². The van der Waals surface area contributed by atoms with Crippen LogP contribution in [0.5, 0.6) is 23.0 Å². The summed E-state index contributed by atoms with van der Waals surface area (Å²) < 4.78 is 41.4. The molecule has 182 valence electrons. The van der Waals surface area contributed by atoms with Crippen LogP contribution in [-0.2, 0) is 10.0 Å². The maximum Gasteiger partial charge on any atom is 0.259 e. The Bertz CT molecular complexity index is 1410. The van der Waals surface area contributed by atoms with E-state index in [-0.39, 0.29) is 22.0 Å². The SMILES string of the molecule is Cc1ccc2c(c1)Oc1cc(Oc3ccccc3C)c(S(=O)(=O)N3CCC(C)CC3)cc1C(=O)N2. The molecular weight excluding hydrogens is 464 g/mol. The fourth-order valence-electron chi connectivity index (χ4n) is 4.36. The molecule has 0 aromatic heterocycles. The Balaban J connectivity index is 1.65. The topological polar surface area (TPSA) is 84.9 Å². The molecule has 2 heterocycles. The third kappa shape index (κ3) is 4.51. The second-order valence-corrected chi connectivity index (χ2v) is 11.2. The quantitative estimate of drug-likeness (QED) is 0.492. The van der Waals surface area contributed by atoms with E-state index in [1.165, 1.54) is 16.4 Å². The van der Waals surface area contributed by atoms with Crippen LogP contribution >= 0.6 is 0 Å². The first kappa shape index (κ1) is 23.4. The summed E-state index contributed by atoms with van der Waals surface area (Å²) in [5.41, 5.74) is 2.49. The minimum Gasteiger partial charge on any atom is -0.456 e. The molecule has 0 radical (unpaired) electrons. The monoisotopic (exact) mass is 492 g/mol. The number of fused-ring (bicyclic) bond motifs is 2. The number of para-hydroxylation sites is 1. The van der Waals surface area contributed by atoms with Crippen LogP contribution in [0.15, 0.2) is 59.5 Å². The largest absolute Gasteiger partial charge is 0.456 e. The van der Waals surface area contributed by atoms with E-state index >= 15 is 0 Å². The van der Waals surface area contributed by atoms with Crippen LogP contribution in [0.25, 0.3) is 0 Å². The number of rotatable bonds is 4. The van der Waals surface area contributed by atoms with Crippen molar-refractivity contribution in [3.05, 3.63) is 71.3 Å². The number of hydrogen-bond acceptors (Lipinski definition) is 5. The van der Waals surface area contributed by atoms with Gasteiger partial charge in [-0.05, 0) is 68.0 Å². The number of hydrogen-bond donors (Lipinski definition) is 1. The number of aryl methyl sites for hydroxylation is 2. The van der Waals surface area contributed by atoms with Crippen LogP contribution in [0.2, 0.25) is 0 Å². The molecule has 1 amide bonds. The van der Waals surface area contributed by atoms with Gasteiger partial charge in [0.05, 0.1) is 11.3 Å². The van der Waals surface area contributed by atoms with Crippen LogP contribution < -0.4 is 14.8 Å². The average Bonchev–Trinajstić information content (AvgIpc) is 2.95. The maximum absolute atomic E-state index is 13.8. The first-order valence-electron chi connectivity index (χ1n) is 11.7. The summed E-state index contributed by atoms with van der Waals surface area (Å²) in [6.07, 6.45) is 1.58. The summed E-state index contributed by atoms with van der Waals surface area (Å²) in [4.78, 5) is 13.1. The van der Waals surface area contributed by atoms with Gasteiger partial charge in [-0.15, -0.1) is 0 Å². The summed E-state index contributed by atoms with van der Waals surface area (Å²) in [6, 6.07) is 15.8. The van der Waals surface area contributed by atoms with Gasteiger partial charge in [0.25, 0.3) is 5.91 Å². The predicted molar refractivity (Wildman–Crippen MR) is 134 cm³/mol. The molecule has 0 aliphatic carbocycles. The van der Waals surface area contributed by atoms with E-state index in [2.05, 4.69) is 12.2 Å². The van der Waals surface area contributed by atoms with Crippen molar-refractivity contribution in [2.45, 2.75) is 38.5 Å². The summed E-state index contributed by atoms with van der Waals surface area (Å²) >= 11 is 0. The highest BCUT2D eigenvalue weighted by atomic mass is 32.2. The van der Waals surface area contributed by atoms with Crippen molar-refractivity contribution in [2.75, 3.05) is 18.4 Å². The molecule has 35 heavy (non-hydrogen) atoms. The number of sulfonamides is 1. The summed E-state index contributed by atoms with van der Waals surface area (Å²) in [6.45, 7) is 6.80. The minimum absolute atomic E-state index is 0.0463. The highest BCUT2D eigenvalue weighted by molar-refractivity contribution is 7.89. The van der Waals surface area contributed by atoms with Gasteiger partial charge in [0.1, 0.15) is 16.4 Å². The molecule has 0 atom stereocenters. The number of amides is 1. The number of ether oxygens (including phenoxy) is 2. The maximum atomic E-state index is 13.8. The molecule has 2 aliphatic heterocycles. The molecule has 5 rings (SSSR count). The van der Waals surface area contributed by atoms with Gasteiger partial charge in [-0.25, -0.2) is 8.42 Å². The van der Waals surface area contributed by atoms with Gasteiger partial charge in [-0.1, -0.05) is 31.2 Å². The lowest BCUT2D eigenvalue weighted by molar-refractivity contribution is 0.102. The zero-order valence-electron chi connectivity index (χ0n) is 20.0. The van der Waals surface area contributed by atoms with Crippen molar-refractivity contribution in [1.82, 2.24) is 4.31 Å². The summed E-state index contributed by atoms with van der Waals surface area (Å²) in [5, 5.41) is 2.83. The molecule has 1 N–H and O–H groups in total. The van der Waals surface area contributed by atoms with Gasteiger partial charge >= 0.3 is 0 Å². The fourth-order valence-corrected chi connectivity index (χ4v) is 5.95. The fraction of sp³-hybridized carbons (Fsp3) is 0.296. The highest BCUT2D eigenvalue weighted by Crippen LogP contribution is 2.43. The van der Waals surface area contributed by atoms with Crippen molar-refractivity contribution in [3.63, 3.8) is 0 Å². The number of anilines is 1. The summed E-state index contributed by atoms with van der Waals surface area (Å²) in [5.74, 6) is 1.42. The first-order chi connectivity index (χ1) is 16.7. The van der Waals surface area contributed by atoms with E-state index in [0.29, 0.717) is 36.2 Å². The van der Waals surface area contributed by atoms with Gasteiger partial charge in [0.2, 0.25) is 10.0 Å². The van der Waals surface area contributed by atoms with Crippen molar-refractivity contribution < 1.29 is 22.7 Å². The van der Waals surface area contributed by atoms with Crippen molar-refractivity contribution in [3.8, 4) is 23.0 Å². The van der Waals surface area contributed by atoms with E-state index in [1.54, 1.807) is 12.1 Å². The highest BCUT2D eigenvalue weighted by Gasteiger charge is 2.34. The zero-order valence-corrected chi connectivity index (χ0v) is 20.8. The van der Waals surface area contributed by atoms with Gasteiger partial charge in [0.15, 0.2) is 11.5 Å². The number of carbonyl (C=O) groups excluding carboxylic acids is 1. The van der Waals surface area contributed by atoms with Gasteiger partial charge < -0.3 is 14.8 Å². The van der Waals surface area contributed by atoms with Gasteiger partial charge in [0, 0.05) is 19.2 Å². The molecule has 1 fully saturated rings. The lowest BCUT2D eigenvalue weighted by atomic mass is 10.0. The van der Waals surface area contributed by atoms with Crippen LogP contribution in [0.1, 0.15) is 41.3 Å². The van der Waals surface area contributed by atoms with E-state index in [1.807, 2.05) is 44.2 Å². The van der Waals surface area contributed by atoms with E-state index in [4.69, 9.17) is 9.47 Å². The normalized spacial score (nSPS) is 16.5. The Morgan fingerprint density at radius 2 is 1.71 bits per heavy atom. The summed E-state index contributed by atoms with van der Waals surface area (Å²) in [7, 11) is -3.92. The average molecular weight is 493 g/mol. The third-order valence-corrected chi connectivity index (χ3v) is 8.49. The Morgan fingerprint density at radius 1 is 0.971 bits per heavy atom. The number of carbonyl (C=O) groups is 1. The molecule has 3 aromatic rings. The number of benzene rings is 3. The van der Waals surface area contributed by atoms with Crippen LogP contribution in [-0.4, -0.2) is 31.7 Å². The lowest BCUT2D eigenvalue weighted by Crippen LogP contribution is -2.38. The van der Waals surface area contributed by atoms with Crippen molar-refractivity contribution >= 4 is 21.6 Å². The van der Waals surface area contributed by atoms with E-state index in [9.17, 15) is 13.2 Å². The molecule has 0 spiro atoms. The van der Waals surface area contributed by atoms with E-state index < -0.39 is 15.9 Å². The molecule has 0 unspecified atom stereocenters. The Kier molecular flexibility index (Phi) is 6.02. The second kappa shape index (κ2) is 9.02. The lowest BCUT2D eigenvalue weighted by Gasteiger charge is -2.30. The molecule has 8 heteroatoms. The number of nitrogens with one attached hydrogen (secondary N) is 1. The predicted octanol–water partition coefficient (Wildman–Crippen LogP) is 5.87. The Morgan fingerprint density at radius 3 is 2.46 bits per heavy atom. The molecule has 0 bridgehead atoms. The number of piperidine rings is 1. The Labute approximate surface area is 205 Å². The van der Waals surface area contributed by atoms with Crippen molar-refractivity contribution in [1.29, 1.82) is 0 Å². The first-order valence-corrected chi connectivity index (χ1v) is 13.2. The second-order valence-electron chi connectivity index (χ2n) is 9.31. The molecular formula is C27H28N2O5S. The molecule has 2 aliphatic rings. The van der Waals surface area contributed by atoms with Crippen LogP contribution in [0.4, 0.5) is 5.69 Å². The minimum atomic E-state index is -3.92. The molecule has 7 nitrogen and oxygen atoms in total. The van der Waals surface area contributed by atoms with Crippen molar-refractivity contribution in [2.24, 2.45) is 5.92 Å². The van der Waals surface area contributed by atoms with Gasteiger partial charge in [-0.2, -0.15) is 4.31 Å². The van der Waals surface area contributed by atoms with Gasteiger partial charge in [-0.3, -0.25) is 4.79 Å². The van der Waals surface area contributed by atoms with E-state index in [0.717, 1.165) is 24.0 Å². The smallest absolute Gasteiger partial charge is 0.259 e. The standard InChI is InChI=1S/C27H28N2O5S/c1-17-10-12-29(13-11-17)35(31,32)26-15-20-23(16-25(26)33-22-7-5-4-6-19(22)3)34-24-14-18(2)8-9-21(24)28-27(20)30/h4-9,14-17H,10-13H2,1-3H3,(H,28,30). The number of nitrogens with zero attached hydrogens (tertiary/aromatic N) is 1. The third-order valence-electron chi connectivity index (χ3n) is 6.57.